The minimum Gasteiger partial charge on any atom is -0.324 e. The molecule has 1 atom stereocenters. The Morgan fingerprint density at radius 1 is 1.39 bits per heavy atom. The van der Waals surface area contributed by atoms with Crippen molar-refractivity contribution in [1.82, 2.24) is 4.98 Å². The molecule has 1 heterocycles. The molecule has 94 valence electrons. The van der Waals surface area contributed by atoms with Crippen molar-refractivity contribution in [3.63, 3.8) is 0 Å². The number of aryl methyl sites for hydroxylation is 1. The van der Waals surface area contributed by atoms with Crippen LogP contribution in [0.3, 0.4) is 0 Å². The van der Waals surface area contributed by atoms with Gasteiger partial charge in [-0.2, -0.15) is 0 Å². The second-order valence-corrected chi connectivity index (χ2v) is 5.59. The summed E-state index contributed by atoms with van der Waals surface area (Å²) in [6.07, 6.45) is 4.30. The molecule has 0 radical (unpaired) electrons. The zero-order valence-electron chi connectivity index (χ0n) is 10.0. The third kappa shape index (κ3) is 3.10. The van der Waals surface area contributed by atoms with Gasteiger partial charge in [-0.15, -0.1) is 0 Å². The van der Waals surface area contributed by atoms with Crippen molar-refractivity contribution in [2.75, 3.05) is 0 Å². The van der Waals surface area contributed by atoms with Gasteiger partial charge < -0.3 is 5.73 Å². The van der Waals surface area contributed by atoms with Crippen molar-refractivity contribution in [2.45, 2.75) is 19.4 Å². The van der Waals surface area contributed by atoms with E-state index in [0.717, 1.165) is 32.6 Å². The molecule has 4 heteroatoms. The van der Waals surface area contributed by atoms with Crippen LogP contribution in [0.1, 0.15) is 22.7 Å². The number of nitrogens with two attached hydrogens (primary N) is 1. The molecule has 2 aromatic rings. The van der Waals surface area contributed by atoms with Gasteiger partial charge in [0.2, 0.25) is 0 Å². The summed E-state index contributed by atoms with van der Waals surface area (Å²) in [6.45, 7) is 1.99. The molecule has 1 aromatic heterocycles. The van der Waals surface area contributed by atoms with Crippen LogP contribution in [0.5, 0.6) is 0 Å². The SMILES string of the molecule is Cc1cccc(C(N)Cc2cncc(Br)c2)c1Cl. The first-order valence-electron chi connectivity index (χ1n) is 5.68. The molecule has 0 spiro atoms. The highest BCUT2D eigenvalue weighted by Gasteiger charge is 2.12. The predicted molar refractivity (Wildman–Crippen MR) is 78.8 cm³/mol. The highest BCUT2D eigenvalue weighted by atomic mass is 79.9. The maximum absolute atomic E-state index is 6.28. The van der Waals surface area contributed by atoms with Gasteiger partial charge in [-0.1, -0.05) is 29.8 Å². The van der Waals surface area contributed by atoms with Gasteiger partial charge in [0.15, 0.2) is 0 Å². The number of hydrogen-bond acceptors (Lipinski definition) is 2. The molecule has 2 nitrogen and oxygen atoms in total. The Kier molecular flexibility index (Phi) is 4.38. The molecule has 0 aliphatic carbocycles. The Labute approximate surface area is 120 Å². The van der Waals surface area contributed by atoms with Crippen LogP contribution in [0, 0.1) is 6.92 Å². The summed E-state index contributed by atoms with van der Waals surface area (Å²) in [5, 5.41) is 0.757. The van der Waals surface area contributed by atoms with Crippen LogP contribution in [0.25, 0.3) is 0 Å². The van der Waals surface area contributed by atoms with E-state index in [0.29, 0.717) is 0 Å². The van der Waals surface area contributed by atoms with Crippen LogP contribution in [-0.4, -0.2) is 4.98 Å². The van der Waals surface area contributed by atoms with E-state index in [2.05, 4.69) is 20.9 Å². The van der Waals surface area contributed by atoms with Gasteiger partial charge in [0.05, 0.1) is 0 Å². The normalized spacial score (nSPS) is 12.4. The molecule has 1 aromatic carbocycles. The second kappa shape index (κ2) is 5.83. The molecule has 0 aliphatic rings. The van der Waals surface area contributed by atoms with Crippen LogP contribution in [-0.2, 0) is 6.42 Å². The smallest absolute Gasteiger partial charge is 0.0483 e. The first-order chi connectivity index (χ1) is 8.58. The molecule has 0 amide bonds. The van der Waals surface area contributed by atoms with E-state index in [1.165, 1.54) is 0 Å². The third-order valence-electron chi connectivity index (χ3n) is 2.84. The monoisotopic (exact) mass is 324 g/mol. The van der Waals surface area contributed by atoms with Gasteiger partial charge in [-0.05, 0) is 52.0 Å². The van der Waals surface area contributed by atoms with Crippen LogP contribution >= 0.6 is 27.5 Å². The predicted octanol–water partition coefficient (Wildman–Crippen LogP) is 4.05. The maximum atomic E-state index is 6.28. The van der Waals surface area contributed by atoms with Gasteiger partial charge in [-0.3, -0.25) is 4.98 Å². The summed E-state index contributed by atoms with van der Waals surface area (Å²) in [5.74, 6) is 0. The average Bonchev–Trinajstić information content (AvgIpc) is 2.32. The van der Waals surface area contributed by atoms with Crippen LogP contribution < -0.4 is 5.73 Å². The summed E-state index contributed by atoms with van der Waals surface area (Å²) in [4.78, 5) is 4.14. The lowest BCUT2D eigenvalue weighted by molar-refractivity contribution is 0.719. The number of nitrogens with zero attached hydrogens (tertiary/aromatic N) is 1. The zero-order valence-corrected chi connectivity index (χ0v) is 12.4. The third-order valence-corrected chi connectivity index (χ3v) is 3.79. The Morgan fingerprint density at radius 3 is 2.89 bits per heavy atom. The Hall–Kier alpha value is -0.900. The van der Waals surface area contributed by atoms with Gasteiger partial charge in [0.1, 0.15) is 0 Å². The van der Waals surface area contributed by atoms with Crippen LogP contribution in [0.4, 0.5) is 0 Å². The Morgan fingerprint density at radius 2 is 2.17 bits per heavy atom. The van der Waals surface area contributed by atoms with Crippen LogP contribution in [0.2, 0.25) is 5.02 Å². The lowest BCUT2D eigenvalue weighted by Gasteiger charge is -2.15. The summed E-state index contributed by atoms with van der Waals surface area (Å²) < 4.78 is 0.961. The fourth-order valence-electron chi connectivity index (χ4n) is 1.89. The van der Waals surface area contributed by atoms with Crippen molar-refractivity contribution < 1.29 is 0 Å². The Balaban J connectivity index is 2.22. The van der Waals surface area contributed by atoms with E-state index < -0.39 is 0 Å². The van der Waals surface area contributed by atoms with E-state index >= 15 is 0 Å². The molecule has 0 saturated carbocycles. The minimum atomic E-state index is -0.117. The molecule has 0 fully saturated rings. The Bertz CT molecular complexity index is 557. The lowest BCUT2D eigenvalue weighted by atomic mass is 9.99. The number of benzene rings is 1. The number of halogens is 2. The molecule has 18 heavy (non-hydrogen) atoms. The van der Waals surface area contributed by atoms with E-state index in [4.69, 9.17) is 17.3 Å². The highest BCUT2D eigenvalue weighted by molar-refractivity contribution is 9.10. The standard InChI is InChI=1S/C14H14BrClN2/c1-9-3-2-4-12(14(9)16)13(17)6-10-5-11(15)8-18-7-10/h2-5,7-8,13H,6,17H2,1H3. The van der Waals surface area contributed by atoms with Gasteiger partial charge in [0, 0.05) is 27.9 Å². The van der Waals surface area contributed by atoms with Crippen LogP contribution in [0.15, 0.2) is 41.1 Å². The maximum Gasteiger partial charge on any atom is 0.0483 e. The van der Waals surface area contributed by atoms with Crippen molar-refractivity contribution in [1.29, 1.82) is 0 Å². The highest BCUT2D eigenvalue weighted by Crippen LogP contribution is 2.27. The quantitative estimate of drug-likeness (QED) is 0.924. The molecule has 0 aliphatic heterocycles. The molecule has 1 unspecified atom stereocenters. The summed E-state index contributed by atoms with van der Waals surface area (Å²) in [7, 11) is 0. The fraction of sp³-hybridized carbons (Fsp3) is 0.214. The molecule has 2 N–H and O–H groups in total. The molecule has 0 bridgehead atoms. The zero-order chi connectivity index (χ0) is 13.1. The molecular formula is C14H14BrClN2. The van der Waals surface area contributed by atoms with Crippen molar-refractivity contribution in [3.05, 3.63) is 62.8 Å². The lowest BCUT2D eigenvalue weighted by Crippen LogP contribution is -2.14. The summed E-state index contributed by atoms with van der Waals surface area (Å²) in [6, 6.07) is 7.85. The first kappa shape index (κ1) is 13.5. The van der Waals surface area contributed by atoms with E-state index in [9.17, 15) is 0 Å². The number of aromatic nitrogens is 1. The molecule has 2 rings (SSSR count). The number of pyridine rings is 1. The number of rotatable bonds is 3. The van der Waals surface area contributed by atoms with Gasteiger partial charge in [-0.25, -0.2) is 0 Å². The van der Waals surface area contributed by atoms with E-state index in [-0.39, 0.29) is 6.04 Å². The largest absolute Gasteiger partial charge is 0.324 e. The summed E-state index contributed by atoms with van der Waals surface area (Å²) >= 11 is 9.69. The minimum absolute atomic E-state index is 0.117. The first-order valence-corrected chi connectivity index (χ1v) is 6.85. The summed E-state index contributed by atoms with van der Waals surface area (Å²) in [5.41, 5.74) is 9.35. The van der Waals surface area contributed by atoms with Crippen molar-refractivity contribution in [3.8, 4) is 0 Å². The topological polar surface area (TPSA) is 38.9 Å². The van der Waals surface area contributed by atoms with Crippen molar-refractivity contribution >= 4 is 27.5 Å². The van der Waals surface area contributed by atoms with E-state index in [1.54, 1.807) is 6.20 Å². The van der Waals surface area contributed by atoms with Crippen molar-refractivity contribution in [2.24, 2.45) is 5.73 Å². The van der Waals surface area contributed by atoms with Gasteiger partial charge >= 0.3 is 0 Å². The van der Waals surface area contributed by atoms with E-state index in [1.807, 2.05) is 37.4 Å². The second-order valence-electron chi connectivity index (χ2n) is 4.30. The number of hydrogen-bond donors (Lipinski definition) is 1. The molecule has 0 saturated heterocycles. The average molecular weight is 326 g/mol. The fourth-order valence-corrected chi connectivity index (χ4v) is 2.57. The van der Waals surface area contributed by atoms with Gasteiger partial charge in [0.25, 0.3) is 0 Å². The molecular weight excluding hydrogens is 312 g/mol.